The monoisotopic (exact) mass is 517 g/mol. The van der Waals surface area contributed by atoms with E-state index in [1.165, 1.54) is 69.2 Å². The van der Waals surface area contributed by atoms with Crippen LogP contribution < -0.4 is 24.0 Å². The zero-order valence-electron chi connectivity index (χ0n) is 19.2. The van der Waals surface area contributed by atoms with E-state index in [1.54, 1.807) is 0 Å². The molecule has 0 aliphatic rings. The maximum atomic E-state index is 6.06. The first-order chi connectivity index (χ1) is 12.6. The van der Waals surface area contributed by atoms with Gasteiger partial charge in [0.05, 0.1) is 26.2 Å². The Morgan fingerprint density at radius 3 is 1.19 bits per heavy atom. The number of unbranched alkanes of at least 4 members (excludes halogenated alkanes) is 3. The lowest BCUT2D eigenvalue weighted by Crippen LogP contribution is -3.00. The molecule has 0 aromatic carbocycles. The zero-order valence-corrected chi connectivity index (χ0v) is 22.3. The summed E-state index contributed by atoms with van der Waals surface area (Å²) >= 11 is 0. The highest BCUT2D eigenvalue weighted by atomic mass is 127. The van der Waals surface area contributed by atoms with Gasteiger partial charge in [0.2, 0.25) is 0 Å². The average Bonchev–Trinajstić information content (AvgIpc) is 2.63. The number of hydrogen-bond donors (Lipinski definition) is 0. The van der Waals surface area contributed by atoms with E-state index in [1.807, 2.05) is 20.8 Å². The van der Waals surface area contributed by atoms with Crippen molar-refractivity contribution in [3.05, 3.63) is 0 Å². The second-order valence-corrected chi connectivity index (χ2v) is 10.1. The Morgan fingerprint density at radius 2 is 0.889 bits per heavy atom. The molecule has 0 atom stereocenters. The molecule has 0 unspecified atom stereocenters. The lowest BCUT2D eigenvalue weighted by atomic mass is 10.1. The standard InChI is InChI=1S/C21H48NO3Si.HI/c1-7-13-17-22(18-14-8-2,19-15-9-3)20-16-21-26(23-10-4,24-11-5)25-12-6;/h7-21H2,1-6H3;1H/q+1;/p-1. The topological polar surface area (TPSA) is 27.7 Å². The van der Waals surface area contributed by atoms with Crippen LogP contribution in [0.5, 0.6) is 0 Å². The van der Waals surface area contributed by atoms with Gasteiger partial charge in [0.15, 0.2) is 0 Å². The molecule has 4 nitrogen and oxygen atoms in total. The van der Waals surface area contributed by atoms with Gasteiger partial charge < -0.3 is 41.7 Å². The highest BCUT2D eigenvalue weighted by Gasteiger charge is 2.40. The molecule has 0 rings (SSSR count). The van der Waals surface area contributed by atoms with Crippen molar-refractivity contribution in [2.45, 2.75) is 92.5 Å². The maximum Gasteiger partial charge on any atom is 0.501 e. The van der Waals surface area contributed by atoms with Gasteiger partial charge in [-0.1, -0.05) is 40.0 Å². The van der Waals surface area contributed by atoms with Crippen molar-refractivity contribution >= 4 is 8.80 Å². The molecule has 0 N–H and O–H groups in total. The molecule has 27 heavy (non-hydrogen) atoms. The first-order valence-corrected chi connectivity index (χ1v) is 13.3. The predicted octanol–water partition coefficient (Wildman–Crippen LogP) is 2.65. The average molecular weight is 518 g/mol. The largest absolute Gasteiger partial charge is 1.00 e. The van der Waals surface area contributed by atoms with E-state index in [0.717, 1.165) is 12.5 Å². The fourth-order valence-corrected chi connectivity index (χ4v) is 6.38. The summed E-state index contributed by atoms with van der Waals surface area (Å²) in [6.45, 7) is 20.3. The van der Waals surface area contributed by atoms with Crippen LogP contribution in [0.15, 0.2) is 0 Å². The summed E-state index contributed by atoms with van der Waals surface area (Å²) in [7, 11) is -2.50. The number of quaternary nitrogens is 1. The van der Waals surface area contributed by atoms with Crippen LogP contribution in [-0.4, -0.2) is 59.3 Å². The number of rotatable bonds is 19. The molecule has 0 heterocycles. The molecule has 0 aliphatic heterocycles. The maximum absolute atomic E-state index is 6.06. The summed E-state index contributed by atoms with van der Waals surface area (Å²) < 4.78 is 19.5. The van der Waals surface area contributed by atoms with Gasteiger partial charge in [-0.15, -0.1) is 0 Å². The Hall–Kier alpha value is 0.787. The predicted molar refractivity (Wildman–Crippen MR) is 115 cm³/mol. The summed E-state index contributed by atoms with van der Waals surface area (Å²) in [5.41, 5.74) is 0. The highest BCUT2D eigenvalue weighted by Crippen LogP contribution is 2.22. The van der Waals surface area contributed by atoms with E-state index < -0.39 is 8.80 Å². The third-order valence-corrected chi connectivity index (χ3v) is 8.32. The van der Waals surface area contributed by atoms with Gasteiger partial charge >= 0.3 is 8.80 Å². The van der Waals surface area contributed by atoms with Crippen LogP contribution in [0.3, 0.4) is 0 Å². The zero-order chi connectivity index (χ0) is 19.7. The lowest BCUT2D eigenvalue weighted by molar-refractivity contribution is -0.928. The molecule has 0 saturated heterocycles. The van der Waals surface area contributed by atoms with Crippen LogP contribution in [0.4, 0.5) is 0 Å². The Labute approximate surface area is 188 Å². The van der Waals surface area contributed by atoms with Crippen LogP contribution in [0, 0.1) is 0 Å². The lowest BCUT2D eigenvalue weighted by Gasteiger charge is -2.40. The first-order valence-electron chi connectivity index (χ1n) is 11.3. The number of nitrogens with zero attached hydrogens (tertiary/aromatic N) is 1. The molecule has 0 spiro atoms. The molecule has 6 heteroatoms. The quantitative estimate of drug-likeness (QED) is 0.150. The Bertz CT molecular complexity index is 283. The molecule has 0 bridgehead atoms. The van der Waals surface area contributed by atoms with Gasteiger partial charge in [0.1, 0.15) is 0 Å². The van der Waals surface area contributed by atoms with Crippen molar-refractivity contribution < 1.29 is 41.7 Å². The van der Waals surface area contributed by atoms with Crippen molar-refractivity contribution in [3.8, 4) is 0 Å². The van der Waals surface area contributed by atoms with E-state index in [9.17, 15) is 0 Å². The van der Waals surface area contributed by atoms with Gasteiger partial charge in [-0.05, 0) is 40.0 Å². The van der Waals surface area contributed by atoms with Crippen molar-refractivity contribution in [2.24, 2.45) is 0 Å². The molecule has 0 aromatic rings. The Kier molecular flexibility index (Phi) is 20.9. The summed E-state index contributed by atoms with van der Waals surface area (Å²) in [4.78, 5) is 0. The normalized spacial score (nSPS) is 12.2. The molecular weight excluding hydrogens is 469 g/mol. The minimum Gasteiger partial charge on any atom is -1.00 e. The highest BCUT2D eigenvalue weighted by molar-refractivity contribution is 6.60. The molecule has 0 aromatic heterocycles. The van der Waals surface area contributed by atoms with Crippen LogP contribution in [0.25, 0.3) is 0 Å². The van der Waals surface area contributed by atoms with Gasteiger partial charge in [0, 0.05) is 32.3 Å². The summed E-state index contributed by atoms with van der Waals surface area (Å²) in [6.07, 6.45) is 8.99. The minimum absolute atomic E-state index is 0. The smallest absolute Gasteiger partial charge is 0.501 e. The van der Waals surface area contributed by atoms with Crippen molar-refractivity contribution in [3.63, 3.8) is 0 Å². The van der Waals surface area contributed by atoms with E-state index in [4.69, 9.17) is 13.3 Å². The molecule has 0 radical (unpaired) electrons. The number of halogens is 1. The molecule has 0 amide bonds. The van der Waals surface area contributed by atoms with E-state index in [0.29, 0.717) is 19.8 Å². The van der Waals surface area contributed by atoms with Crippen molar-refractivity contribution in [1.82, 2.24) is 0 Å². The molecule has 0 aliphatic carbocycles. The fraction of sp³-hybridized carbons (Fsp3) is 1.00. The second kappa shape index (κ2) is 18.8. The summed E-state index contributed by atoms with van der Waals surface area (Å²) in [5, 5.41) is 0. The van der Waals surface area contributed by atoms with Crippen LogP contribution in [-0.2, 0) is 13.3 Å². The van der Waals surface area contributed by atoms with Crippen LogP contribution >= 0.6 is 0 Å². The SMILES string of the molecule is CCCC[N+](CCCC)(CCCC)CCC[Si](OCC)(OCC)OCC.[I-]. The third kappa shape index (κ3) is 12.9. The number of hydrogen-bond acceptors (Lipinski definition) is 3. The first kappa shape index (κ1) is 30.0. The molecular formula is C21H48INO3Si. The summed E-state index contributed by atoms with van der Waals surface area (Å²) in [5.74, 6) is 0. The Morgan fingerprint density at radius 1 is 0.556 bits per heavy atom. The molecule has 0 saturated carbocycles. The van der Waals surface area contributed by atoms with Crippen molar-refractivity contribution in [2.75, 3.05) is 46.0 Å². The van der Waals surface area contributed by atoms with E-state index in [-0.39, 0.29) is 24.0 Å². The van der Waals surface area contributed by atoms with E-state index in [2.05, 4.69) is 20.8 Å². The molecule has 0 fully saturated rings. The second-order valence-electron chi connectivity index (χ2n) is 7.38. The van der Waals surface area contributed by atoms with Gasteiger partial charge in [-0.2, -0.15) is 0 Å². The van der Waals surface area contributed by atoms with Gasteiger partial charge in [-0.25, -0.2) is 0 Å². The van der Waals surface area contributed by atoms with Gasteiger partial charge in [0.25, 0.3) is 0 Å². The van der Waals surface area contributed by atoms with Crippen LogP contribution in [0.1, 0.15) is 86.5 Å². The van der Waals surface area contributed by atoms with Crippen LogP contribution in [0.2, 0.25) is 6.04 Å². The fourth-order valence-electron chi connectivity index (χ4n) is 3.78. The minimum atomic E-state index is -2.50. The summed E-state index contributed by atoms with van der Waals surface area (Å²) in [6, 6.07) is 0.951. The molecule has 166 valence electrons. The Balaban J connectivity index is 0. The van der Waals surface area contributed by atoms with Gasteiger partial charge in [-0.3, -0.25) is 0 Å². The van der Waals surface area contributed by atoms with Crippen molar-refractivity contribution in [1.29, 1.82) is 0 Å². The third-order valence-electron chi connectivity index (χ3n) is 5.17. The van der Waals surface area contributed by atoms with E-state index >= 15 is 0 Å².